The Morgan fingerprint density at radius 1 is 1.38 bits per heavy atom. The summed E-state index contributed by atoms with van der Waals surface area (Å²) in [5.74, 6) is -3.26. The van der Waals surface area contributed by atoms with Crippen LogP contribution < -0.4 is 5.73 Å². The highest BCUT2D eigenvalue weighted by Gasteiger charge is 2.58. The Labute approximate surface area is 155 Å². The van der Waals surface area contributed by atoms with E-state index in [9.17, 15) is 19.5 Å². The average Bonchev–Trinajstić information content (AvgIpc) is 3.31. The molecule has 0 bridgehead atoms. The van der Waals surface area contributed by atoms with Gasteiger partial charge in [-0.25, -0.2) is 4.79 Å². The molecule has 0 saturated heterocycles. The standard InChI is InChI=1S/C18H20ClNO6/c1-3-12-9-17(12,20)15(22)26-10-18(24,16(23)25-4-2)14(21)11-5-7-13(19)8-6-11/h3,5-8,12,24H,1,4,9-10,20H2,2H3/t12-,17-,18+/m1/s1. The molecule has 1 fully saturated rings. The summed E-state index contributed by atoms with van der Waals surface area (Å²) in [6, 6.07) is 5.55. The molecule has 3 atom stereocenters. The molecule has 1 aliphatic carbocycles. The molecule has 26 heavy (non-hydrogen) atoms. The van der Waals surface area contributed by atoms with E-state index in [0.29, 0.717) is 11.4 Å². The number of halogens is 1. The van der Waals surface area contributed by atoms with Crippen LogP contribution in [0.2, 0.25) is 5.02 Å². The molecule has 8 heteroatoms. The van der Waals surface area contributed by atoms with Crippen molar-refractivity contribution in [3.8, 4) is 0 Å². The molecule has 1 aliphatic rings. The summed E-state index contributed by atoms with van der Waals surface area (Å²) in [5, 5.41) is 11.0. The number of hydrogen-bond donors (Lipinski definition) is 2. The van der Waals surface area contributed by atoms with E-state index in [2.05, 4.69) is 6.58 Å². The van der Waals surface area contributed by atoms with Crippen LogP contribution in [0.3, 0.4) is 0 Å². The van der Waals surface area contributed by atoms with Crippen LogP contribution in [0.25, 0.3) is 0 Å². The van der Waals surface area contributed by atoms with Crippen molar-refractivity contribution in [3.05, 3.63) is 47.5 Å². The summed E-state index contributed by atoms with van der Waals surface area (Å²) >= 11 is 5.77. The molecule has 1 aromatic rings. The molecule has 0 spiro atoms. The van der Waals surface area contributed by atoms with Gasteiger partial charge in [0.15, 0.2) is 0 Å². The lowest BCUT2D eigenvalue weighted by molar-refractivity contribution is -0.169. The maximum Gasteiger partial charge on any atom is 0.350 e. The minimum atomic E-state index is -2.69. The number of rotatable bonds is 8. The highest BCUT2D eigenvalue weighted by molar-refractivity contribution is 6.30. The first kappa shape index (κ1) is 20.1. The monoisotopic (exact) mass is 381 g/mol. The Balaban J connectivity index is 2.20. The molecule has 0 aliphatic heterocycles. The van der Waals surface area contributed by atoms with Gasteiger partial charge in [-0.05, 0) is 37.6 Å². The van der Waals surface area contributed by atoms with Gasteiger partial charge >= 0.3 is 11.9 Å². The first-order valence-electron chi connectivity index (χ1n) is 7.97. The van der Waals surface area contributed by atoms with Crippen LogP contribution in [0.4, 0.5) is 0 Å². The molecule has 7 nitrogen and oxygen atoms in total. The van der Waals surface area contributed by atoms with Gasteiger partial charge in [0.2, 0.25) is 5.78 Å². The number of nitrogens with two attached hydrogens (primary N) is 1. The van der Waals surface area contributed by atoms with E-state index in [1.54, 1.807) is 0 Å². The third kappa shape index (κ3) is 3.80. The number of benzene rings is 1. The van der Waals surface area contributed by atoms with E-state index in [1.165, 1.54) is 37.3 Å². The van der Waals surface area contributed by atoms with Crippen molar-refractivity contribution in [3.63, 3.8) is 0 Å². The lowest BCUT2D eigenvalue weighted by atomic mass is 9.93. The normalized spacial score (nSPS) is 23.5. The number of aliphatic hydroxyl groups is 1. The van der Waals surface area contributed by atoms with Crippen LogP contribution in [0.5, 0.6) is 0 Å². The SMILES string of the molecule is C=C[C@@H]1C[C@]1(N)C(=O)OC[C@@](O)(C(=O)OCC)C(=O)c1ccc(Cl)cc1. The van der Waals surface area contributed by atoms with Gasteiger partial charge in [0.25, 0.3) is 5.60 Å². The first-order valence-corrected chi connectivity index (χ1v) is 8.35. The van der Waals surface area contributed by atoms with Crippen LogP contribution >= 0.6 is 11.6 Å². The summed E-state index contributed by atoms with van der Waals surface area (Å²) in [6.45, 7) is 4.10. The van der Waals surface area contributed by atoms with Crippen LogP contribution in [-0.2, 0) is 19.1 Å². The topological polar surface area (TPSA) is 116 Å². The summed E-state index contributed by atoms with van der Waals surface area (Å²) in [4.78, 5) is 37.0. The summed E-state index contributed by atoms with van der Waals surface area (Å²) < 4.78 is 9.77. The van der Waals surface area contributed by atoms with Crippen molar-refractivity contribution in [2.75, 3.05) is 13.2 Å². The van der Waals surface area contributed by atoms with Gasteiger partial charge in [-0.2, -0.15) is 0 Å². The van der Waals surface area contributed by atoms with E-state index in [0.717, 1.165) is 0 Å². The van der Waals surface area contributed by atoms with Crippen molar-refractivity contribution in [1.82, 2.24) is 0 Å². The molecule has 3 N–H and O–H groups in total. The molecule has 140 valence electrons. The molecule has 0 radical (unpaired) electrons. The molecule has 1 saturated carbocycles. The molecule has 0 unspecified atom stereocenters. The van der Waals surface area contributed by atoms with Gasteiger partial charge in [0, 0.05) is 16.5 Å². The second kappa shape index (κ2) is 7.57. The summed E-state index contributed by atoms with van der Waals surface area (Å²) in [5.41, 5.74) is 1.95. The van der Waals surface area contributed by atoms with Crippen molar-refractivity contribution < 1.29 is 29.0 Å². The summed E-state index contributed by atoms with van der Waals surface area (Å²) in [7, 11) is 0. The van der Waals surface area contributed by atoms with E-state index in [4.69, 9.17) is 26.8 Å². The molecular weight excluding hydrogens is 362 g/mol. The number of hydrogen-bond acceptors (Lipinski definition) is 7. The minimum absolute atomic E-state index is 0.0128. The third-order valence-electron chi connectivity index (χ3n) is 4.23. The van der Waals surface area contributed by atoms with E-state index in [1.807, 2.05) is 0 Å². The Hall–Kier alpha value is -2.22. The fourth-order valence-corrected chi connectivity index (χ4v) is 2.57. The van der Waals surface area contributed by atoms with Crippen molar-refractivity contribution in [2.45, 2.75) is 24.5 Å². The second-order valence-electron chi connectivity index (χ2n) is 6.08. The van der Waals surface area contributed by atoms with Crippen LogP contribution in [0.15, 0.2) is 36.9 Å². The maximum absolute atomic E-state index is 12.7. The van der Waals surface area contributed by atoms with E-state index in [-0.39, 0.29) is 18.1 Å². The van der Waals surface area contributed by atoms with E-state index < -0.39 is 35.5 Å². The minimum Gasteiger partial charge on any atom is -0.463 e. The first-order chi connectivity index (χ1) is 12.2. The smallest absolute Gasteiger partial charge is 0.350 e. The lowest BCUT2D eigenvalue weighted by Gasteiger charge is -2.25. The number of carbonyl (C=O) groups excluding carboxylic acids is 3. The zero-order valence-electron chi connectivity index (χ0n) is 14.2. The van der Waals surface area contributed by atoms with Gasteiger partial charge in [0.05, 0.1) is 6.61 Å². The van der Waals surface area contributed by atoms with Crippen molar-refractivity contribution in [1.29, 1.82) is 0 Å². The number of carbonyl (C=O) groups is 3. The molecule has 0 aromatic heterocycles. The Morgan fingerprint density at radius 3 is 2.50 bits per heavy atom. The van der Waals surface area contributed by atoms with Crippen molar-refractivity contribution in [2.24, 2.45) is 11.7 Å². The number of esters is 2. The quantitative estimate of drug-likeness (QED) is 0.301. The summed E-state index contributed by atoms with van der Waals surface area (Å²) in [6.07, 6.45) is 1.87. The van der Waals surface area contributed by atoms with Gasteiger partial charge in [-0.3, -0.25) is 9.59 Å². The Bertz CT molecular complexity index is 734. The lowest BCUT2D eigenvalue weighted by Crippen LogP contribution is -2.53. The zero-order chi connectivity index (χ0) is 19.5. The molecule has 2 rings (SSSR count). The maximum atomic E-state index is 12.7. The van der Waals surface area contributed by atoms with Gasteiger partial charge in [-0.1, -0.05) is 17.7 Å². The van der Waals surface area contributed by atoms with Crippen molar-refractivity contribution >= 4 is 29.3 Å². The number of Topliss-reactive ketones (excluding diaryl/α,β-unsaturated/α-hetero) is 1. The molecule has 0 amide bonds. The van der Waals surface area contributed by atoms with Crippen LogP contribution in [0, 0.1) is 5.92 Å². The number of ether oxygens (including phenoxy) is 2. The predicted molar refractivity (Wildman–Crippen MR) is 93.5 cm³/mol. The van der Waals surface area contributed by atoms with E-state index >= 15 is 0 Å². The molecular formula is C18H20ClNO6. The fourth-order valence-electron chi connectivity index (χ4n) is 2.45. The van der Waals surface area contributed by atoms with Crippen LogP contribution in [-0.4, -0.2) is 47.2 Å². The molecule has 0 heterocycles. The van der Waals surface area contributed by atoms with Gasteiger partial charge in [0.1, 0.15) is 12.1 Å². The average molecular weight is 382 g/mol. The van der Waals surface area contributed by atoms with Gasteiger partial charge < -0.3 is 20.3 Å². The largest absolute Gasteiger partial charge is 0.463 e. The predicted octanol–water partition coefficient (Wildman–Crippen LogP) is 1.26. The second-order valence-corrected chi connectivity index (χ2v) is 6.52. The van der Waals surface area contributed by atoms with Crippen LogP contribution in [0.1, 0.15) is 23.7 Å². The highest BCUT2D eigenvalue weighted by Crippen LogP contribution is 2.42. The van der Waals surface area contributed by atoms with Gasteiger partial charge in [-0.15, -0.1) is 6.58 Å². The number of ketones is 1. The Kier molecular flexibility index (Phi) is 5.85. The zero-order valence-corrected chi connectivity index (χ0v) is 15.0. The third-order valence-corrected chi connectivity index (χ3v) is 4.48. The fraction of sp³-hybridized carbons (Fsp3) is 0.389. The Morgan fingerprint density at radius 2 is 2.00 bits per heavy atom. The highest BCUT2D eigenvalue weighted by atomic mass is 35.5. The molecule has 1 aromatic carbocycles.